The molecule has 7 heteroatoms. The van der Waals surface area contributed by atoms with Crippen molar-refractivity contribution in [2.24, 2.45) is 0 Å². The lowest BCUT2D eigenvalue weighted by molar-refractivity contribution is -0.136. The number of allylic oxidation sites excluding steroid dienone is 2. The molecule has 26 heavy (non-hydrogen) atoms. The Balaban J connectivity index is 1.99. The first-order chi connectivity index (χ1) is 12.5. The number of ether oxygens (including phenoxy) is 2. The Morgan fingerprint density at radius 1 is 1.31 bits per heavy atom. The highest BCUT2D eigenvalue weighted by atomic mass is 19.1. The van der Waals surface area contributed by atoms with Gasteiger partial charge in [0.05, 0.1) is 18.8 Å². The molecule has 2 aliphatic heterocycles. The van der Waals surface area contributed by atoms with E-state index >= 15 is 0 Å². The first-order valence-electron chi connectivity index (χ1n) is 8.53. The summed E-state index contributed by atoms with van der Waals surface area (Å²) in [6.45, 7) is 4.87. The predicted octanol–water partition coefficient (Wildman–Crippen LogP) is 2.19. The highest BCUT2D eigenvalue weighted by molar-refractivity contribution is 5.89. The summed E-state index contributed by atoms with van der Waals surface area (Å²) in [6, 6.07) is 6.20. The van der Waals surface area contributed by atoms with Crippen molar-refractivity contribution in [1.29, 1.82) is 0 Å². The molecule has 0 spiro atoms. The molecule has 2 aliphatic rings. The van der Waals surface area contributed by atoms with Crippen molar-refractivity contribution in [3.63, 3.8) is 0 Å². The molecule has 0 aromatic heterocycles. The number of methoxy groups -OCH3 is 1. The molecule has 1 saturated heterocycles. The van der Waals surface area contributed by atoms with Crippen LogP contribution in [0.4, 0.5) is 4.39 Å². The highest BCUT2D eigenvalue weighted by Gasteiger charge is 2.35. The second-order valence-corrected chi connectivity index (χ2v) is 6.35. The van der Waals surface area contributed by atoms with Gasteiger partial charge in [0.2, 0.25) is 0 Å². The first kappa shape index (κ1) is 18.4. The van der Waals surface area contributed by atoms with Gasteiger partial charge >= 0.3 is 5.97 Å². The standard InChI is InChI=1S/C19H23FN2O4/c1-13-11-16(21-7-9-26-10-8-21)22(18(25-2)17(13)19(23)24)12-14-3-5-15(20)6-4-14/h3-6,11,18H,7-10,12H2,1-2H3,(H,23,24). The van der Waals surface area contributed by atoms with Gasteiger partial charge in [-0.3, -0.25) is 0 Å². The molecule has 1 unspecified atom stereocenters. The average molecular weight is 362 g/mol. The van der Waals surface area contributed by atoms with Crippen LogP contribution in [0.3, 0.4) is 0 Å². The second kappa shape index (κ2) is 7.88. The number of carboxylic acids is 1. The van der Waals surface area contributed by atoms with Crippen LogP contribution in [0, 0.1) is 5.82 Å². The molecule has 1 N–H and O–H groups in total. The molecule has 0 amide bonds. The van der Waals surface area contributed by atoms with E-state index in [1.54, 1.807) is 19.1 Å². The zero-order chi connectivity index (χ0) is 18.7. The van der Waals surface area contributed by atoms with Crippen LogP contribution in [0.15, 0.2) is 47.3 Å². The molecule has 1 aromatic rings. The molecule has 6 nitrogen and oxygen atoms in total. The van der Waals surface area contributed by atoms with Crippen molar-refractivity contribution in [2.45, 2.75) is 19.7 Å². The third-order valence-electron chi connectivity index (χ3n) is 4.65. The molecular weight excluding hydrogens is 339 g/mol. The van der Waals surface area contributed by atoms with Crippen LogP contribution in [0.5, 0.6) is 0 Å². The number of nitrogens with zero attached hydrogens (tertiary/aromatic N) is 2. The van der Waals surface area contributed by atoms with Crippen molar-refractivity contribution in [1.82, 2.24) is 9.80 Å². The Hall–Kier alpha value is -2.38. The Bertz CT molecular complexity index is 724. The number of rotatable bonds is 5. The third kappa shape index (κ3) is 3.73. The molecule has 1 atom stereocenters. The Labute approximate surface area is 152 Å². The summed E-state index contributed by atoms with van der Waals surface area (Å²) in [5, 5.41) is 9.65. The van der Waals surface area contributed by atoms with Crippen molar-refractivity contribution in [3.05, 3.63) is 58.7 Å². The minimum absolute atomic E-state index is 0.214. The number of hydrogen-bond acceptors (Lipinski definition) is 5. The summed E-state index contributed by atoms with van der Waals surface area (Å²) in [5.41, 5.74) is 1.75. The van der Waals surface area contributed by atoms with E-state index in [2.05, 4.69) is 4.90 Å². The van der Waals surface area contributed by atoms with E-state index in [-0.39, 0.29) is 11.4 Å². The van der Waals surface area contributed by atoms with Crippen molar-refractivity contribution in [3.8, 4) is 0 Å². The van der Waals surface area contributed by atoms with Crippen LogP contribution in [0.2, 0.25) is 0 Å². The quantitative estimate of drug-likeness (QED) is 0.866. The van der Waals surface area contributed by atoms with Gasteiger partial charge in [0.25, 0.3) is 0 Å². The first-order valence-corrected chi connectivity index (χ1v) is 8.53. The number of morpholine rings is 1. The lowest BCUT2D eigenvalue weighted by Gasteiger charge is -2.43. The minimum atomic E-state index is -1.00. The third-order valence-corrected chi connectivity index (χ3v) is 4.65. The van der Waals surface area contributed by atoms with Gasteiger partial charge < -0.3 is 24.4 Å². The zero-order valence-electron chi connectivity index (χ0n) is 14.9. The summed E-state index contributed by atoms with van der Waals surface area (Å²) < 4.78 is 24.2. The van der Waals surface area contributed by atoms with Crippen LogP contribution in [0.25, 0.3) is 0 Å². The fourth-order valence-corrected chi connectivity index (χ4v) is 3.36. The van der Waals surface area contributed by atoms with Crippen LogP contribution in [0.1, 0.15) is 12.5 Å². The summed E-state index contributed by atoms with van der Waals surface area (Å²) in [6.07, 6.45) is 1.16. The maximum atomic E-state index is 13.2. The topological polar surface area (TPSA) is 62.2 Å². The molecule has 1 aromatic carbocycles. The van der Waals surface area contributed by atoms with E-state index in [1.165, 1.54) is 19.2 Å². The second-order valence-electron chi connectivity index (χ2n) is 6.35. The lowest BCUT2D eigenvalue weighted by Crippen LogP contribution is -2.49. The van der Waals surface area contributed by atoms with Crippen molar-refractivity contribution >= 4 is 5.97 Å². The Morgan fingerprint density at radius 2 is 1.96 bits per heavy atom. The van der Waals surface area contributed by atoms with E-state index < -0.39 is 12.2 Å². The maximum absolute atomic E-state index is 13.2. The van der Waals surface area contributed by atoms with Gasteiger partial charge in [-0.1, -0.05) is 12.1 Å². The fourth-order valence-electron chi connectivity index (χ4n) is 3.36. The fraction of sp³-hybridized carbons (Fsp3) is 0.421. The van der Waals surface area contributed by atoms with Crippen molar-refractivity contribution in [2.75, 3.05) is 33.4 Å². The molecular formula is C19H23FN2O4. The van der Waals surface area contributed by atoms with Crippen LogP contribution >= 0.6 is 0 Å². The van der Waals surface area contributed by atoms with E-state index in [4.69, 9.17) is 9.47 Å². The monoisotopic (exact) mass is 362 g/mol. The molecule has 1 fully saturated rings. The summed E-state index contributed by atoms with van der Waals surface area (Å²) in [7, 11) is 1.50. The average Bonchev–Trinajstić information content (AvgIpc) is 2.64. The molecule has 2 heterocycles. The maximum Gasteiger partial charge on any atom is 0.336 e. The highest BCUT2D eigenvalue weighted by Crippen LogP contribution is 2.31. The summed E-state index contributed by atoms with van der Waals surface area (Å²) in [4.78, 5) is 15.9. The number of aliphatic carboxylic acids is 1. The molecule has 3 rings (SSSR count). The zero-order valence-corrected chi connectivity index (χ0v) is 14.9. The number of carboxylic acid groups (broad SMARTS) is 1. The largest absolute Gasteiger partial charge is 0.478 e. The van der Waals surface area contributed by atoms with E-state index in [9.17, 15) is 14.3 Å². The van der Waals surface area contributed by atoms with Gasteiger partial charge in [0.15, 0.2) is 6.23 Å². The Kier molecular flexibility index (Phi) is 5.58. The van der Waals surface area contributed by atoms with E-state index in [1.807, 2.05) is 11.0 Å². The van der Waals surface area contributed by atoms with Gasteiger partial charge in [0.1, 0.15) is 11.6 Å². The number of benzene rings is 1. The molecule has 0 saturated carbocycles. The van der Waals surface area contributed by atoms with Crippen molar-refractivity contribution < 1.29 is 23.8 Å². The predicted molar refractivity (Wildman–Crippen MR) is 93.6 cm³/mol. The number of hydrogen-bond donors (Lipinski definition) is 1. The molecule has 0 aliphatic carbocycles. The minimum Gasteiger partial charge on any atom is -0.478 e. The van der Waals surface area contributed by atoms with Gasteiger partial charge in [-0.25, -0.2) is 9.18 Å². The SMILES string of the molecule is COC1C(C(=O)O)=C(C)C=C(N2CCOCC2)N1Cc1ccc(F)cc1. The van der Waals surface area contributed by atoms with Crippen LogP contribution < -0.4 is 0 Å². The van der Waals surface area contributed by atoms with Gasteiger partial charge in [-0.05, 0) is 36.3 Å². The number of halogens is 1. The van der Waals surface area contributed by atoms with Crippen LogP contribution in [-0.4, -0.2) is 60.5 Å². The normalized spacial score (nSPS) is 21.0. The van der Waals surface area contributed by atoms with E-state index in [0.717, 1.165) is 24.5 Å². The molecule has 0 radical (unpaired) electrons. The van der Waals surface area contributed by atoms with Gasteiger partial charge in [0, 0.05) is 26.7 Å². The lowest BCUT2D eigenvalue weighted by atomic mass is 10.0. The smallest absolute Gasteiger partial charge is 0.336 e. The summed E-state index contributed by atoms with van der Waals surface area (Å²) >= 11 is 0. The van der Waals surface area contributed by atoms with Gasteiger partial charge in [-0.2, -0.15) is 0 Å². The molecule has 0 bridgehead atoms. The van der Waals surface area contributed by atoms with E-state index in [0.29, 0.717) is 25.3 Å². The Morgan fingerprint density at radius 3 is 2.54 bits per heavy atom. The van der Waals surface area contributed by atoms with Crippen LogP contribution in [-0.2, 0) is 20.8 Å². The molecule has 140 valence electrons. The summed E-state index contributed by atoms with van der Waals surface area (Å²) in [5.74, 6) is -0.413. The van der Waals surface area contributed by atoms with Gasteiger partial charge in [-0.15, -0.1) is 0 Å². The number of carbonyl (C=O) groups is 1.